The zero-order chi connectivity index (χ0) is 20.7. The number of benzene rings is 1. The average molecular weight is 422 g/mol. The number of anilines is 1. The Hall–Kier alpha value is -2.34. The molecule has 0 bridgehead atoms. The number of carbonyl (C=O) groups excluding carboxylic acids is 2. The minimum atomic E-state index is -0.424. The number of carbonyl (C=O) groups is 2. The van der Waals surface area contributed by atoms with Crippen LogP contribution in [0.15, 0.2) is 24.4 Å². The predicted octanol–water partition coefficient (Wildman–Crippen LogP) is 4.23. The first-order chi connectivity index (χ1) is 13.4. The van der Waals surface area contributed by atoms with Crippen LogP contribution in [0.25, 0.3) is 10.9 Å². The third-order valence-electron chi connectivity index (χ3n) is 4.58. The molecule has 160 valence electrons. The van der Waals surface area contributed by atoms with E-state index in [0.717, 1.165) is 42.4 Å². The second-order valence-electron chi connectivity index (χ2n) is 7.00. The van der Waals surface area contributed by atoms with Crippen LogP contribution in [0.3, 0.4) is 0 Å². The van der Waals surface area contributed by atoms with Gasteiger partial charge in [-0.15, -0.1) is 12.4 Å². The first kappa shape index (κ1) is 24.7. The number of hydrogen-bond acceptors (Lipinski definition) is 5. The number of esters is 1. The fourth-order valence-corrected chi connectivity index (χ4v) is 3.34. The number of likely N-dealkylation sites (N-methyl/N-ethyl adjacent to an activating group) is 1. The largest absolute Gasteiger partial charge is 0.462 e. The lowest BCUT2D eigenvalue weighted by atomic mass is 10.1. The van der Waals surface area contributed by atoms with E-state index in [1.807, 2.05) is 42.0 Å². The normalized spacial score (nSPS) is 10.4. The zero-order valence-corrected chi connectivity index (χ0v) is 18.8. The van der Waals surface area contributed by atoms with E-state index in [2.05, 4.69) is 18.8 Å². The molecule has 1 heterocycles. The van der Waals surface area contributed by atoms with E-state index < -0.39 is 5.97 Å². The van der Waals surface area contributed by atoms with Gasteiger partial charge in [-0.05, 0) is 38.8 Å². The Bertz CT molecular complexity index is 835. The molecule has 0 aliphatic heterocycles. The van der Waals surface area contributed by atoms with Crippen molar-refractivity contribution in [2.45, 2.75) is 40.5 Å². The summed E-state index contributed by atoms with van der Waals surface area (Å²) in [6, 6.07) is 5.91. The van der Waals surface area contributed by atoms with Gasteiger partial charge in [0.25, 0.3) is 0 Å². The molecule has 7 heteroatoms. The number of fused-ring (bicyclic) bond motifs is 1. The van der Waals surface area contributed by atoms with Gasteiger partial charge in [0.2, 0.25) is 5.91 Å². The van der Waals surface area contributed by atoms with Crippen molar-refractivity contribution in [1.29, 1.82) is 0 Å². The van der Waals surface area contributed by atoms with Crippen LogP contribution in [0.2, 0.25) is 0 Å². The minimum Gasteiger partial charge on any atom is -0.462 e. The molecule has 6 nitrogen and oxygen atoms in total. The SMILES string of the molecule is CCCN(CCC)C(=O)CN(C)c1c(C(=O)OCC)cnc2ccc(C)cc12.Cl. The summed E-state index contributed by atoms with van der Waals surface area (Å²) in [5, 5.41) is 0.846. The zero-order valence-electron chi connectivity index (χ0n) is 18.0. The van der Waals surface area contributed by atoms with Crippen LogP contribution < -0.4 is 4.90 Å². The number of rotatable bonds is 9. The van der Waals surface area contributed by atoms with E-state index in [4.69, 9.17) is 4.74 Å². The Morgan fingerprint density at radius 2 is 1.76 bits per heavy atom. The van der Waals surface area contributed by atoms with Gasteiger partial charge in [-0.1, -0.05) is 25.5 Å². The number of aryl methyl sites for hydroxylation is 1. The first-order valence-corrected chi connectivity index (χ1v) is 9.98. The second kappa shape index (κ2) is 11.6. The highest BCUT2D eigenvalue weighted by molar-refractivity contribution is 6.06. The molecule has 0 spiro atoms. The van der Waals surface area contributed by atoms with E-state index >= 15 is 0 Å². The first-order valence-electron chi connectivity index (χ1n) is 9.98. The predicted molar refractivity (Wildman–Crippen MR) is 120 cm³/mol. The molecule has 1 amide bonds. The maximum Gasteiger partial charge on any atom is 0.341 e. The van der Waals surface area contributed by atoms with E-state index in [1.165, 1.54) is 0 Å². The van der Waals surface area contributed by atoms with Crippen molar-refractivity contribution in [2.24, 2.45) is 0 Å². The van der Waals surface area contributed by atoms with Gasteiger partial charge >= 0.3 is 5.97 Å². The van der Waals surface area contributed by atoms with Crippen LogP contribution in [-0.4, -0.2) is 55.0 Å². The number of halogens is 1. The second-order valence-corrected chi connectivity index (χ2v) is 7.00. The third-order valence-corrected chi connectivity index (χ3v) is 4.58. The van der Waals surface area contributed by atoms with Crippen LogP contribution in [0.5, 0.6) is 0 Å². The van der Waals surface area contributed by atoms with Crippen molar-refractivity contribution in [3.63, 3.8) is 0 Å². The number of nitrogens with zero attached hydrogens (tertiary/aromatic N) is 3. The minimum absolute atomic E-state index is 0. The number of aromatic nitrogens is 1. The van der Waals surface area contributed by atoms with Crippen LogP contribution in [0.4, 0.5) is 5.69 Å². The summed E-state index contributed by atoms with van der Waals surface area (Å²) in [6.07, 6.45) is 3.38. The Morgan fingerprint density at radius 1 is 1.10 bits per heavy atom. The number of ether oxygens (including phenoxy) is 1. The average Bonchev–Trinajstić information content (AvgIpc) is 2.66. The van der Waals surface area contributed by atoms with Crippen molar-refractivity contribution >= 4 is 40.9 Å². The maximum atomic E-state index is 12.9. The summed E-state index contributed by atoms with van der Waals surface area (Å²) < 4.78 is 5.23. The highest BCUT2D eigenvalue weighted by atomic mass is 35.5. The smallest absolute Gasteiger partial charge is 0.341 e. The fraction of sp³-hybridized carbons (Fsp3) is 0.500. The van der Waals surface area contributed by atoms with E-state index in [-0.39, 0.29) is 31.5 Å². The Kier molecular flexibility index (Phi) is 9.89. The molecule has 0 aliphatic carbocycles. The molecular formula is C22H32ClN3O3. The van der Waals surface area contributed by atoms with Crippen LogP contribution >= 0.6 is 12.4 Å². The van der Waals surface area contributed by atoms with Crippen LogP contribution in [-0.2, 0) is 9.53 Å². The molecule has 0 unspecified atom stereocenters. The Morgan fingerprint density at radius 3 is 2.34 bits per heavy atom. The molecule has 2 rings (SSSR count). The highest BCUT2D eigenvalue weighted by Gasteiger charge is 2.22. The van der Waals surface area contributed by atoms with Crippen molar-refractivity contribution in [1.82, 2.24) is 9.88 Å². The monoisotopic (exact) mass is 421 g/mol. The lowest BCUT2D eigenvalue weighted by Gasteiger charge is -2.27. The summed E-state index contributed by atoms with van der Waals surface area (Å²) in [5.41, 5.74) is 2.92. The maximum absolute atomic E-state index is 12.9. The van der Waals surface area contributed by atoms with Gasteiger partial charge in [0, 0.05) is 31.7 Å². The standard InChI is InChI=1S/C22H31N3O3.ClH/c1-6-11-25(12-7-2)20(26)15-24(5)21-17-13-16(4)9-10-19(17)23-14-18(21)22(27)28-8-3;/h9-10,13-14H,6-8,11-12,15H2,1-5H3;1H. The summed E-state index contributed by atoms with van der Waals surface area (Å²) >= 11 is 0. The van der Waals surface area contributed by atoms with Gasteiger partial charge < -0.3 is 14.5 Å². The summed E-state index contributed by atoms with van der Waals surface area (Å²) in [5.74, 6) is -0.370. The van der Waals surface area contributed by atoms with Gasteiger partial charge in [0.15, 0.2) is 0 Å². The lowest BCUT2D eigenvalue weighted by Crippen LogP contribution is -2.40. The molecule has 0 atom stereocenters. The van der Waals surface area contributed by atoms with Gasteiger partial charge in [-0.2, -0.15) is 0 Å². The topological polar surface area (TPSA) is 62.7 Å². The number of hydrogen-bond donors (Lipinski definition) is 0. The van der Waals surface area contributed by atoms with Crippen molar-refractivity contribution in [3.8, 4) is 0 Å². The molecule has 0 fully saturated rings. The van der Waals surface area contributed by atoms with Crippen molar-refractivity contribution in [3.05, 3.63) is 35.5 Å². The molecule has 0 aliphatic rings. The summed E-state index contributed by atoms with van der Waals surface area (Å²) in [4.78, 5) is 33.6. The molecule has 29 heavy (non-hydrogen) atoms. The van der Waals surface area contributed by atoms with Gasteiger partial charge in [-0.25, -0.2) is 4.79 Å². The molecule has 0 radical (unpaired) electrons. The molecule has 0 saturated carbocycles. The summed E-state index contributed by atoms with van der Waals surface area (Å²) in [7, 11) is 1.84. The Balaban J connectivity index is 0.00000420. The van der Waals surface area contributed by atoms with Gasteiger partial charge in [0.05, 0.1) is 24.4 Å². The fourth-order valence-electron chi connectivity index (χ4n) is 3.34. The van der Waals surface area contributed by atoms with E-state index in [1.54, 1.807) is 13.1 Å². The van der Waals surface area contributed by atoms with E-state index in [9.17, 15) is 9.59 Å². The third kappa shape index (κ3) is 6.07. The van der Waals surface area contributed by atoms with Gasteiger partial charge in [-0.3, -0.25) is 9.78 Å². The quantitative estimate of drug-likeness (QED) is 0.567. The molecular weight excluding hydrogens is 390 g/mol. The molecule has 0 saturated heterocycles. The van der Waals surface area contributed by atoms with E-state index in [0.29, 0.717) is 11.3 Å². The number of amides is 1. The van der Waals surface area contributed by atoms with Crippen molar-refractivity contribution in [2.75, 3.05) is 38.2 Å². The number of pyridine rings is 1. The molecule has 1 aromatic heterocycles. The lowest BCUT2D eigenvalue weighted by molar-refractivity contribution is -0.129. The van der Waals surface area contributed by atoms with Gasteiger partial charge in [0.1, 0.15) is 5.56 Å². The molecule has 2 aromatic rings. The highest BCUT2D eigenvalue weighted by Crippen LogP contribution is 2.30. The van der Waals surface area contributed by atoms with Crippen LogP contribution in [0, 0.1) is 6.92 Å². The van der Waals surface area contributed by atoms with Crippen LogP contribution in [0.1, 0.15) is 49.5 Å². The summed E-state index contributed by atoms with van der Waals surface area (Å²) in [6.45, 7) is 9.86. The van der Waals surface area contributed by atoms with Crippen molar-refractivity contribution < 1.29 is 14.3 Å². The molecule has 0 N–H and O–H groups in total. The molecule has 1 aromatic carbocycles. The Labute approximate surface area is 179 Å².